The number of nitrogens with two attached hydrogens (primary N) is 1. The van der Waals surface area contributed by atoms with Gasteiger partial charge in [-0.25, -0.2) is 4.39 Å². The molecule has 1 aliphatic heterocycles. The lowest BCUT2D eigenvalue weighted by atomic mass is 10.3. The monoisotopic (exact) mass is 228 g/mol. The molecule has 1 aliphatic rings. The Bertz CT molecular complexity index is 361. The summed E-state index contributed by atoms with van der Waals surface area (Å²) >= 11 is 1.35. The molecule has 1 aromatic rings. The maximum absolute atomic E-state index is 13.4. The molecular weight excluding hydrogens is 215 g/mol. The molecule has 0 aromatic heterocycles. The molecule has 0 radical (unpaired) electrons. The second-order valence-corrected chi connectivity index (χ2v) is 4.85. The summed E-state index contributed by atoms with van der Waals surface area (Å²) in [6.07, 6.45) is -0.410. The van der Waals surface area contributed by atoms with Gasteiger partial charge in [-0.05, 0) is 18.2 Å². The quantitative estimate of drug-likeness (QED) is 0.656. The van der Waals surface area contributed by atoms with E-state index in [-0.39, 0.29) is 11.1 Å². The molecule has 82 valence electrons. The number of β-amino-alcohol motifs (C(OH)–C–C–N with tert-alkyl or cyclic N) is 1. The minimum atomic E-state index is -0.410. The van der Waals surface area contributed by atoms with E-state index in [1.165, 1.54) is 17.8 Å². The lowest BCUT2D eigenvalue weighted by molar-refractivity contribution is 0.201. The number of hydrogen-bond donors (Lipinski definition) is 3. The van der Waals surface area contributed by atoms with Crippen molar-refractivity contribution >= 4 is 17.4 Å². The van der Waals surface area contributed by atoms with E-state index < -0.39 is 6.10 Å². The Morgan fingerprint density at radius 2 is 2.27 bits per heavy atom. The minimum Gasteiger partial charge on any atom is -0.399 e. The topological polar surface area (TPSA) is 58.3 Å². The van der Waals surface area contributed by atoms with Gasteiger partial charge in [0.05, 0.1) is 6.10 Å². The Kier molecular flexibility index (Phi) is 3.14. The van der Waals surface area contributed by atoms with Crippen molar-refractivity contribution in [2.24, 2.45) is 0 Å². The molecule has 15 heavy (non-hydrogen) atoms. The van der Waals surface area contributed by atoms with Crippen LogP contribution in [-0.2, 0) is 0 Å². The van der Waals surface area contributed by atoms with Gasteiger partial charge in [-0.3, -0.25) is 0 Å². The second kappa shape index (κ2) is 4.38. The van der Waals surface area contributed by atoms with E-state index in [4.69, 9.17) is 5.73 Å². The van der Waals surface area contributed by atoms with Crippen LogP contribution in [0.25, 0.3) is 0 Å². The van der Waals surface area contributed by atoms with Crippen LogP contribution >= 0.6 is 11.8 Å². The Morgan fingerprint density at radius 1 is 1.47 bits per heavy atom. The van der Waals surface area contributed by atoms with Gasteiger partial charge < -0.3 is 16.2 Å². The standard InChI is InChI=1S/C10H13FN2OS/c11-7-3-6(12)1-2-9(7)15-10-5-13-4-8(10)14/h1-3,8,10,13-14H,4-5,12H2. The molecule has 1 saturated heterocycles. The molecule has 3 nitrogen and oxygen atoms in total. The zero-order valence-electron chi connectivity index (χ0n) is 8.11. The maximum Gasteiger partial charge on any atom is 0.138 e. The van der Waals surface area contributed by atoms with E-state index in [1.54, 1.807) is 12.1 Å². The van der Waals surface area contributed by atoms with E-state index in [2.05, 4.69) is 5.32 Å². The van der Waals surface area contributed by atoms with Gasteiger partial charge in [0, 0.05) is 28.9 Å². The van der Waals surface area contributed by atoms with Gasteiger partial charge >= 0.3 is 0 Å². The lowest BCUT2D eigenvalue weighted by Gasteiger charge is -2.13. The van der Waals surface area contributed by atoms with Crippen molar-refractivity contribution in [1.29, 1.82) is 0 Å². The van der Waals surface area contributed by atoms with Gasteiger partial charge in [0.25, 0.3) is 0 Å². The zero-order valence-corrected chi connectivity index (χ0v) is 8.93. The minimum absolute atomic E-state index is 0.0168. The molecular formula is C10H13FN2OS. The summed E-state index contributed by atoms with van der Waals surface area (Å²) in [6.45, 7) is 1.28. The van der Waals surface area contributed by atoms with E-state index in [1.807, 2.05) is 0 Å². The molecule has 2 rings (SSSR count). The molecule has 4 N–H and O–H groups in total. The normalized spacial score (nSPS) is 25.7. The number of rotatable bonds is 2. The highest BCUT2D eigenvalue weighted by Crippen LogP contribution is 2.30. The number of halogens is 1. The molecule has 1 heterocycles. The smallest absolute Gasteiger partial charge is 0.138 e. The van der Waals surface area contributed by atoms with E-state index >= 15 is 0 Å². The summed E-state index contributed by atoms with van der Waals surface area (Å²) in [4.78, 5) is 0.539. The maximum atomic E-state index is 13.4. The third-order valence-electron chi connectivity index (χ3n) is 2.36. The highest BCUT2D eigenvalue weighted by atomic mass is 32.2. The summed E-state index contributed by atoms with van der Waals surface area (Å²) in [5, 5.41) is 12.6. The average molecular weight is 228 g/mol. The molecule has 0 amide bonds. The first kappa shape index (κ1) is 10.7. The van der Waals surface area contributed by atoms with Crippen molar-refractivity contribution < 1.29 is 9.50 Å². The number of aliphatic hydroxyl groups excluding tert-OH is 1. The van der Waals surface area contributed by atoms with Gasteiger partial charge in [0.2, 0.25) is 0 Å². The van der Waals surface area contributed by atoms with Crippen LogP contribution in [0.4, 0.5) is 10.1 Å². The zero-order chi connectivity index (χ0) is 10.8. The van der Waals surface area contributed by atoms with Gasteiger partial charge in [0.15, 0.2) is 0 Å². The summed E-state index contributed by atoms with van der Waals surface area (Å²) < 4.78 is 13.4. The van der Waals surface area contributed by atoms with Crippen LogP contribution in [0.15, 0.2) is 23.1 Å². The Hall–Kier alpha value is -0.780. The van der Waals surface area contributed by atoms with Crippen molar-refractivity contribution in [1.82, 2.24) is 5.32 Å². The predicted octanol–water partition coefficient (Wildman–Crippen LogP) is 0.833. The average Bonchev–Trinajstić information content (AvgIpc) is 2.57. The molecule has 0 aliphatic carbocycles. The van der Waals surface area contributed by atoms with E-state index in [0.29, 0.717) is 23.7 Å². The first-order valence-corrected chi connectivity index (χ1v) is 5.65. The Balaban J connectivity index is 2.10. The number of hydrogen-bond acceptors (Lipinski definition) is 4. The van der Waals surface area contributed by atoms with Crippen LogP contribution < -0.4 is 11.1 Å². The summed E-state index contributed by atoms with van der Waals surface area (Å²) in [7, 11) is 0. The van der Waals surface area contributed by atoms with Crippen LogP contribution in [0, 0.1) is 5.82 Å². The van der Waals surface area contributed by atoms with Crippen molar-refractivity contribution in [2.75, 3.05) is 18.8 Å². The Morgan fingerprint density at radius 3 is 2.87 bits per heavy atom. The summed E-state index contributed by atoms with van der Waals surface area (Å²) in [5.74, 6) is -0.320. The summed E-state index contributed by atoms with van der Waals surface area (Å²) in [5.41, 5.74) is 5.87. The second-order valence-electron chi connectivity index (χ2n) is 3.57. The fraction of sp³-hybridized carbons (Fsp3) is 0.400. The number of aliphatic hydroxyl groups is 1. The Labute approximate surface area is 91.9 Å². The molecule has 2 unspecified atom stereocenters. The summed E-state index contributed by atoms with van der Waals surface area (Å²) in [6, 6.07) is 4.62. The van der Waals surface area contributed by atoms with Crippen molar-refractivity contribution in [3.63, 3.8) is 0 Å². The van der Waals surface area contributed by atoms with Crippen LogP contribution in [-0.4, -0.2) is 29.5 Å². The van der Waals surface area contributed by atoms with Gasteiger partial charge in [-0.15, -0.1) is 11.8 Å². The largest absolute Gasteiger partial charge is 0.399 e. The highest BCUT2D eigenvalue weighted by molar-refractivity contribution is 8.00. The van der Waals surface area contributed by atoms with Gasteiger partial charge in [-0.2, -0.15) is 0 Å². The van der Waals surface area contributed by atoms with Crippen LogP contribution in [0.3, 0.4) is 0 Å². The fourth-order valence-electron chi connectivity index (χ4n) is 1.54. The van der Waals surface area contributed by atoms with Crippen molar-refractivity contribution in [3.8, 4) is 0 Å². The predicted molar refractivity (Wildman–Crippen MR) is 59.3 cm³/mol. The molecule has 2 atom stereocenters. The van der Waals surface area contributed by atoms with Gasteiger partial charge in [-0.1, -0.05) is 0 Å². The van der Waals surface area contributed by atoms with Crippen molar-refractivity contribution in [2.45, 2.75) is 16.2 Å². The molecule has 1 aromatic carbocycles. The first-order chi connectivity index (χ1) is 7.16. The molecule has 0 saturated carbocycles. The molecule has 5 heteroatoms. The van der Waals surface area contributed by atoms with E-state index in [0.717, 1.165) is 0 Å². The third kappa shape index (κ3) is 2.42. The highest BCUT2D eigenvalue weighted by Gasteiger charge is 2.26. The molecule has 1 fully saturated rings. The molecule has 0 bridgehead atoms. The fourth-order valence-corrected chi connectivity index (χ4v) is 2.64. The van der Waals surface area contributed by atoms with Crippen LogP contribution in [0.2, 0.25) is 0 Å². The SMILES string of the molecule is Nc1ccc(SC2CNCC2O)c(F)c1. The number of benzene rings is 1. The van der Waals surface area contributed by atoms with Crippen LogP contribution in [0.5, 0.6) is 0 Å². The lowest BCUT2D eigenvalue weighted by Crippen LogP contribution is -2.20. The number of thioether (sulfide) groups is 1. The first-order valence-electron chi connectivity index (χ1n) is 4.77. The van der Waals surface area contributed by atoms with Gasteiger partial charge in [0.1, 0.15) is 5.82 Å². The number of anilines is 1. The van der Waals surface area contributed by atoms with E-state index in [9.17, 15) is 9.50 Å². The number of nitrogens with one attached hydrogen (secondary N) is 1. The molecule has 0 spiro atoms. The number of nitrogen functional groups attached to an aromatic ring is 1. The van der Waals surface area contributed by atoms with Crippen LogP contribution in [0.1, 0.15) is 0 Å². The third-order valence-corrected chi connectivity index (χ3v) is 3.73. The van der Waals surface area contributed by atoms with Crippen molar-refractivity contribution in [3.05, 3.63) is 24.0 Å².